The van der Waals surface area contributed by atoms with Gasteiger partial charge in [-0.05, 0) is 19.1 Å². The first-order valence-corrected chi connectivity index (χ1v) is 4.87. The molecule has 0 heterocycles. The quantitative estimate of drug-likeness (QED) is 0.730. The van der Waals surface area contributed by atoms with Crippen molar-refractivity contribution >= 4 is 11.4 Å². The predicted molar refractivity (Wildman–Crippen MR) is 62.4 cm³/mol. The molecule has 84 valence electrons. The minimum absolute atomic E-state index is 0.362. The second-order valence-corrected chi connectivity index (χ2v) is 3.66. The summed E-state index contributed by atoms with van der Waals surface area (Å²) in [5, 5.41) is 9.27. The fourth-order valence-corrected chi connectivity index (χ4v) is 1.44. The maximum Gasteiger partial charge on any atom is 0.143 e. The van der Waals surface area contributed by atoms with E-state index < -0.39 is 0 Å². The Balaban J connectivity index is 2.85. The Hall–Kier alpha value is -1.42. The number of ether oxygens (including phenoxy) is 1. The van der Waals surface area contributed by atoms with Gasteiger partial charge in [0, 0.05) is 25.3 Å². The third-order valence-corrected chi connectivity index (χ3v) is 2.20. The van der Waals surface area contributed by atoms with Crippen LogP contribution in [0.15, 0.2) is 18.2 Å². The standard InChI is InChI=1S/C11H18N2O2/c1-8(14)7-13(2)9-4-5-10(12)11(6-9)15-3/h4-6,8,14H,7,12H2,1-3H3/t8-/m1/s1. The van der Waals surface area contributed by atoms with E-state index in [1.807, 2.05) is 24.1 Å². The highest BCUT2D eigenvalue weighted by Gasteiger charge is 2.07. The summed E-state index contributed by atoms with van der Waals surface area (Å²) in [6.45, 7) is 2.33. The maximum absolute atomic E-state index is 9.27. The van der Waals surface area contributed by atoms with Crippen LogP contribution in [0.25, 0.3) is 0 Å². The van der Waals surface area contributed by atoms with Gasteiger partial charge in [0.15, 0.2) is 0 Å². The number of hydrogen-bond donors (Lipinski definition) is 2. The smallest absolute Gasteiger partial charge is 0.143 e. The summed E-state index contributed by atoms with van der Waals surface area (Å²) >= 11 is 0. The van der Waals surface area contributed by atoms with E-state index in [1.54, 1.807) is 20.1 Å². The van der Waals surface area contributed by atoms with Crippen molar-refractivity contribution in [3.8, 4) is 5.75 Å². The summed E-state index contributed by atoms with van der Waals surface area (Å²) in [5.41, 5.74) is 7.30. The summed E-state index contributed by atoms with van der Waals surface area (Å²) in [5.74, 6) is 0.657. The number of likely N-dealkylation sites (N-methyl/N-ethyl adjacent to an activating group) is 1. The molecule has 0 radical (unpaired) electrons. The van der Waals surface area contributed by atoms with Gasteiger partial charge in [0.25, 0.3) is 0 Å². The zero-order valence-corrected chi connectivity index (χ0v) is 9.40. The number of nitrogens with two attached hydrogens (primary N) is 1. The van der Waals surface area contributed by atoms with E-state index >= 15 is 0 Å². The molecule has 0 saturated heterocycles. The average Bonchev–Trinajstić information content (AvgIpc) is 2.17. The lowest BCUT2D eigenvalue weighted by Crippen LogP contribution is -2.26. The van der Waals surface area contributed by atoms with Crippen molar-refractivity contribution in [2.24, 2.45) is 0 Å². The normalized spacial score (nSPS) is 12.3. The first kappa shape index (κ1) is 11.7. The predicted octanol–water partition coefficient (Wildman–Crippen LogP) is 1.09. The highest BCUT2D eigenvalue weighted by molar-refractivity contribution is 5.62. The van der Waals surface area contributed by atoms with Crippen molar-refractivity contribution in [1.29, 1.82) is 0 Å². The molecule has 0 amide bonds. The lowest BCUT2D eigenvalue weighted by Gasteiger charge is -2.21. The number of hydrogen-bond acceptors (Lipinski definition) is 4. The second-order valence-electron chi connectivity index (χ2n) is 3.66. The van der Waals surface area contributed by atoms with E-state index in [1.165, 1.54) is 0 Å². The number of methoxy groups -OCH3 is 1. The Morgan fingerprint density at radius 2 is 2.20 bits per heavy atom. The molecule has 0 aliphatic heterocycles. The number of nitrogens with zero attached hydrogens (tertiary/aromatic N) is 1. The van der Waals surface area contributed by atoms with E-state index in [0.29, 0.717) is 18.0 Å². The molecule has 0 bridgehead atoms. The Kier molecular flexibility index (Phi) is 3.80. The number of nitrogen functional groups attached to an aromatic ring is 1. The minimum atomic E-state index is -0.362. The zero-order valence-electron chi connectivity index (χ0n) is 9.40. The van der Waals surface area contributed by atoms with E-state index in [2.05, 4.69) is 0 Å². The summed E-state index contributed by atoms with van der Waals surface area (Å²) in [6, 6.07) is 5.56. The second kappa shape index (κ2) is 4.89. The molecule has 0 aliphatic rings. The van der Waals surface area contributed by atoms with E-state index in [4.69, 9.17) is 10.5 Å². The largest absolute Gasteiger partial charge is 0.495 e. The third-order valence-electron chi connectivity index (χ3n) is 2.20. The van der Waals surface area contributed by atoms with Crippen LogP contribution in [-0.4, -0.2) is 31.9 Å². The highest BCUT2D eigenvalue weighted by Crippen LogP contribution is 2.26. The average molecular weight is 210 g/mol. The molecule has 0 saturated carbocycles. The van der Waals surface area contributed by atoms with Crippen molar-refractivity contribution in [2.75, 3.05) is 31.3 Å². The number of anilines is 2. The molecule has 15 heavy (non-hydrogen) atoms. The maximum atomic E-state index is 9.27. The van der Waals surface area contributed by atoms with Gasteiger partial charge in [0.05, 0.1) is 18.9 Å². The van der Waals surface area contributed by atoms with E-state index in [-0.39, 0.29) is 6.10 Å². The topological polar surface area (TPSA) is 58.7 Å². The molecule has 4 nitrogen and oxygen atoms in total. The van der Waals surface area contributed by atoms with Crippen LogP contribution >= 0.6 is 0 Å². The highest BCUT2D eigenvalue weighted by atomic mass is 16.5. The summed E-state index contributed by atoms with van der Waals surface area (Å²) in [6.07, 6.45) is -0.362. The van der Waals surface area contributed by atoms with Crippen LogP contribution in [-0.2, 0) is 0 Å². The molecule has 3 N–H and O–H groups in total. The monoisotopic (exact) mass is 210 g/mol. The van der Waals surface area contributed by atoms with Gasteiger partial charge in [-0.2, -0.15) is 0 Å². The van der Waals surface area contributed by atoms with Crippen molar-refractivity contribution in [1.82, 2.24) is 0 Å². The lowest BCUT2D eigenvalue weighted by atomic mass is 10.2. The van der Waals surface area contributed by atoms with Gasteiger partial charge in [0.1, 0.15) is 5.75 Å². The Morgan fingerprint density at radius 1 is 1.53 bits per heavy atom. The first-order valence-electron chi connectivity index (χ1n) is 4.87. The van der Waals surface area contributed by atoms with Gasteiger partial charge >= 0.3 is 0 Å². The molecule has 1 aromatic rings. The molecule has 0 aliphatic carbocycles. The molecule has 0 spiro atoms. The molecule has 1 rings (SSSR count). The van der Waals surface area contributed by atoms with Gasteiger partial charge in [-0.1, -0.05) is 0 Å². The Bertz CT molecular complexity index is 326. The number of aliphatic hydroxyl groups excluding tert-OH is 1. The summed E-state index contributed by atoms with van der Waals surface area (Å²) < 4.78 is 5.13. The Morgan fingerprint density at radius 3 is 2.73 bits per heavy atom. The van der Waals surface area contributed by atoms with Crippen molar-refractivity contribution in [3.63, 3.8) is 0 Å². The van der Waals surface area contributed by atoms with Crippen LogP contribution in [0.3, 0.4) is 0 Å². The summed E-state index contributed by atoms with van der Waals surface area (Å²) in [7, 11) is 3.50. The van der Waals surface area contributed by atoms with Gasteiger partial charge in [-0.3, -0.25) is 0 Å². The summed E-state index contributed by atoms with van der Waals surface area (Å²) in [4.78, 5) is 1.95. The number of aliphatic hydroxyl groups is 1. The van der Waals surface area contributed by atoms with Crippen molar-refractivity contribution in [3.05, 3.63) is 18.2 Å². The van der Waals surface area contributed by atoms with Crippen LogP contribution in [0.5, 0.6) is 5.75 Å². The van der Waals surface area contributed by atoms with Gasteiger partial charge in [-0.15, -0.1) is 0 Å². The molecule has 1 atom stereocenters. The van der Waals surface area contributed by atoms with Gasteiger partial charge in [-0.25, -0.2) is 0 Å². The van der Waals surface area contributed by atoms with Crippen LogP contribution in [0.2, 0.25) is 0 Å². The Labute approximate surface area is 90.3 Å². The number of rotatable bonds is 4. The van der Waals surface area contributed by atoms with Crippen molar-refractivity contribution < 1.29 is 9.84 Å². The number of benzene rings is 1. The van der Waals surface area contributed by atoms with Crippen LogP contribution in [0.4, 0.5) is 11.4 Å². The fourth-order valence-electron chi connectivity index (χ4n) is 1.44. The van der Waals surface area contributed by atoms with Crippen molar-refractivity contribution in [2.45, 2.75) is 13.0 Å². The SMILES string of the molecule is COc1cc(N(C)C[C@@H](C)O)ccc1N. The first-order chi connectivity index (χ1) is 7.04. The minimum Gasteiger partial charge on any atom is -0.495 e. The van der Waals surface area contributed by atoms with Gasteiger partial charge in [0.2, 0.25) is 0 Å². The molecule has 4 heteroatoms. The van der Waals surface area contributed by atoms with Crippen LogP contribution in [0, 0.1) is 0 Å². The lowest BCUT2D eigenvalue weighted by molar-refractivity contribution is 0.201. The zero-order chi connectivity index (χ0) is 11.4. The van der Waals surface area contributed by atoms with E-state index in [9.17, 15) is 5.11 Å². The molecular weight excluding hydrogens is 192 g/mol. The third kappa shape index (κ3) is 3.02. The van der Waals surface area contributed by atoms with E-state index in [0.717, 1.165) is 5.69 Å². The van der Waals surface area contributed by atoms with Crippen LogP contribution in [0.1, 0.15) is 6.92 Å². The fraction of sp³-hybridized carbons (Fsp3) is 0.455. The van der Waals surface area contributed by atoms with Crippen LogP contribution < -0.4 is 15.4 Å². The molecule has 1 aromatic carbocycles. The molecule has 0 unspecified atom stereocenters. The van der Waals surface area contributed by atoms with Gasteiger partial charge < -0.3 is 20.5 Å². The molecule has 0 aromatic heterocycles. The molecular formula is C11H18N2O2. The molecule has 0 fully saturated rings.